The fraction of sp³-hybridized carbons (Fsp3) is 0.241. The lowest BCUT2D eigenvalue weighted by atomic mass is 10.0. The predicted molar refractivity (Wildman–Crippen MR) is 142 cm³/mol. The molecule has 0 saturated carbocycles. The first kappa shape index (κ1) is 22.4. The standard InChI is InChI=1S/C29H28N4O3/c30-12-6-7-13-33-23-11-5-4-10-20(23)27(24(33)16-19-8-2-1-3-9-19)28-29(34)32-22-18-26-25(17-21(22)31-28)35-14-15-36-26/h1-5,8-11,17-18H,6-7,12-16,30H2,(H,32,34). The third-order valence-corrected chi connectivity index (χ3v) is 6.72. The molecule has 7 heteroatoms. The molecule has 182 valence electrons. The first-order valence-corrected chi connectivity index (χ1v) is 12.4. The molecule has 0 amide bonds. The molecule has 0 saturated heterocycles. The van der Waals surface area contributed by atoms with Gasteiger partial charge in [-0.05, 0) is 31.0 Å². The van der Waals surface area contributed by atoms with Gasteiger partial charge in [0.25, 0.3) is 5.56 Å². The molecule has 5 aromatic rings. The topological polar surface area (TPSA) is 95.2 Å². The summed E-state index contributed by atoms with van der Waals surface area (Å²) in [4.78, 5) is 21.5. The Bertz CT molecular complexity index is 1600. The highest BCUT2D eigenvalue weighted by Crippen LogP contribution is 2.37. The molecule has 7 nitrogen and oxygen atoms in total. The highest BCUT2D eigenvalue weighted by atomic mass is 16.6. The van der Waals surface area contributed by atoms with Crippen LogP contribution >= 0.6 is 0 Å². The van der Waals surface area contributed by atoms with Crippen molar-refractivity contribution < 1.29 is 9.47 Å². The molecule has 0 spiro atoms. The molecule has 1 aliphatic rings. The summed E-state index contributed by atoms with van der Waals surface area (Å²) in [6, 6.07) is 22.2. The number of benzene rings is 3. The summed E-state index contributed by atoms with van der Waals surface area (Å²) in [5.41, 5.74) is 11.5. The lowest BCUT2D eigenvalue weighted by Gasteiger charge is -2.18. The summed E-state index contributed by atoms with van der Waals surface area (Å²) in [7, 11) is 0. The van der Waals surface area contributed by atoms with E-state index in [4.69, 9.17) is 20.2 Å². The van der Waals surface area contributed by atoms with Crippen LogP contribution in [0.15, 0.2) is 71.5 Å². The van der Waals surface area contributed by atoms with Crippen LogP contribution in [0.2, 0.25) is 0 Å². The van der Waals surface area contributed by atoms with Crippen molar-refractivity contribution in [2.75, 3.05) is 19.8 Å². The van der Waals surface area contributed by atoms with Crippen molar-refractivity contribution in [3.8, 4) is 22.8 Å². The quantitative estimate of drug-likeness (QED) is 0.331. The number of nitrogens with two attached hydrogens (primary N) is 1. The number of hydrogen-bond acceptors (Lipinski definition) is 5. The van der Waals surface area contributed by atoms with E-state index in [1.807, 2.05) is 36.4 Å². The van der Waals surface area contributed by atoms with Crippen LogP contribution in [0.1, 0.15) is 24.1 Å². The van der Waals surface area contributed by atoms with Gasteiger partial charge in [-0.1, -0.05) is 48.5 Å². The van der Waals surface area contributed by atoms with Crippen LogP contribution in [0.4, 0.5) is 0 Å². The minimum atomic E-state index is -0.224. The van der Waals surface area contributed by atoms with E-state index < -0.39 is 0 Å². The number of unbranched alkanes of at least 4 members (excludes halogenated alkanes) is 1. The number of aromatic amines is 1. The normalized spacial score (nSPS) is 12.9. The van der Waals surface area contributed by atoms with Crippen molar-refractivity contribution in [1.82, 2.24) is 14.5 Å². The largest absolute Gasteiger partial charge is 0.486 e. The third-order valence-electron chi connectivity index (χ3n) is 6.72. The Morgan fingerprint density at radius 2 is 1.69 bits per heavy atom. The fourth-order valence-electron chi connectivity index (χ4n) is 5.06. The summed E-state index contributed by atoms with van der Waals surface area (Å²) in [6.07, 6.45) is 2.59. The average molecular weight is 481 g/mol. The lowest BCUT2D eigenvalue weighted by molar-refractivity contribution is 0.172. The number of nitrogens with zero attached hydrogens (tertiary/aromatic N) is 2. The Labute approximate surface area is 208 Å². The van der Waals surface area contributed by atoms with Crippen molar-refractivity contribution in [1.29, 1.82) is 0 Å². The molecule has 0 radical (unpaired) electrons. The van der Waals surface area contributed by atoms with Crippen molar-refractivity contribution in [2.24, 2.45) is 5.73 Å². The zero-order chi connectivity index (χ0) is 24.5. The maximum absolute atomic E-state index is 13.5. The van der Waals surface area contributed by atoms with Crippen LogP contribution in [-0.4, -0.2) is 34.3 Å². The van der Waals surface area contributed by atoms with Gasteiger partial charge in [-0.15, -0.1) is 0 Å². The Balaban J connectivity index is 1.59. The number of nitrogens with one attached hydrogen (secondary N) is 1. The molecular formula is C29H28N4O3. The van der Waals surface area contributed by atoms with E-state index in [9.17, 15) is 4.79 Å². The van der Waals surface area contributed by atoms with Crippen LogP contribution in [-0.2, 0) is 13.0 Å². The second-order valence-corrected chi connectivity index (χ2v) is 9.08. The van der Waals surface area contributed by atoms with Gasteiger partial charge in [0, 0.05) is 47.3 Å². The van der Waals surface area contributed by atoms with E-state index in [2.05, 4.69) is 33.8 Å². The molecule has 0 unspecified atom stereocenters. The van der Waals surface area contributed by atoms with Gasteiger partial charge in [-0.25, -0.2) is 4.98 Å². The second kappa shape index (κ2) is 9.51. The molecule has 3 heterocycles. The summed E-state index contributed by atoms with van der Waals surface area (Å²) < 4.78 is 13.8. The van der Waals surface area contributed by atoms with Crippen molar-refractivity contribution >= 4 is 21.9 Å². The maximum atomic E-state index is 13.5. The summed E-state index contributed by atoms with van der Waals surface area (Å²) in [6.45, 7) is 2.46. The number of aryl methyl sites for hydroxylation is 1. The minimum absolute atomic E-state index is 0.224. The van der Waals surface area contributed by atoms with E-state index in [0.29, 0.717) is 54.4 Å². The fourth-order valence-corrected chi connectivity index (χ4v) is 5.06. The number of H-pyrrole nitrogens is 1. The van der Waals surface area contributed by atoms with Crippen LogP contribution in [0.25, 0.3) is 33.2 Å². The second-order valence-electron chi connectivity index (χ2n) is 9.08. The molecule has 3 aromatic carbocycles. The smallest absolute Gasteiger partial charge is 0.275 e. The average Bonchev–Trinajstić information content (AvgIpc) is 3.20. The van der Waals surface area contributed by atoms with Gasteiger partial charge >= 0.3 is 0 Å². The monoisotopic (exact) mass is 480 g/mol. The molecule has 6 rings (SSSR count). The number of hydrogen-bond donors (Lipinski definition) is 2. The van der Waals surface area contributed by atoms with Gasteiger partial charge in [0.1, 0.15) is 18.9 Å². The molecule has 0 bridgehead atoms. The summed E-state index contributed by atoms with van der Waals surface area (Å²) in [5, 5.41) is 1.02. The highest BCUT2D eigenvalue weighted by Gasteiger charge is 2.23. The molecular weight excluding hydrogens is 452 g/mol. The van der Waals surface area contributed by atoms with Gasteiger partial charge in [-0.2, -0.15) is 0 Å². The number of aromatic nitrogens is 3. The van der Waals surface area contributed by atoms with E-state index in [1.54, 1.807) is 6.07 Å². The van der Waals surface area contributed by atoms with Gasteiger partial charge in [0.05, 0.1) is 11.0 Å². The van der Waals surface area contributed by atoms with Crippen molar-refractivity contribution in [2.45, 2.75) is 25.8 Å². The highest BCUT2D eigenvalue weighted by molar-refractivity contribution is 5.98. The Morgan fingerprint density at radius 3 is 2.50 bits per heavy atom. The zero-order valence-corrected chi connectivity index (χ0v) is 20.0. The van der Waals surface area contributed by atoms with E-state index in [1.165, 1.54) is 5.56 Å². The lowest BCUT2D eigenvalue weighted by Crippen LogP contribution is -2.17. The van der Waals surface area contributed by atoms with Crippen LogP contribution in [0, 0.1) is 0 Å². The molecule has 1 aliphatic heterocycles. The molecule has 0 fully saturated rings. The van der Waals surface area contributed by atoms with Gasteiger partial charge < -0.3 is 24.8 Å². The molecule has 3 N–H and O–H groups in total. The van der Waals surface area contributed by atoms with E-state index in [0.717, 1.165) is 41.5 Å². The summed E-state index contributed by atoms with van der Waals surface area (Å²) in [5.74, 6) is 1.27. The van der Waals surface area contributed by atoms with Crippen LogP contribution < -0.4 is 20.8 Å². The van der Waals surface area contributed by atoms with Crippen molar-refractivity contribution in [3.05, 3.63) is 88.3 Å². The number of para-hydroxylation sites is 1. The number of rotatable bonds is 7. The number of fused-ring (bicyclic) bond motifs is 3. The van der Waals surface area contributed by atoms with E-state index >= 15 is 0 Å². The maximum Gasteiger partial charge on any atom is 0.275 e. The molecule has 0 atom stereocenters. The molecule has 36 heavy (non-hydrogen) atoms. The Morgan fingerprint density at radius 1 is 0.944 bits per heavy atom. The SMILES string of the molecule is NCCCCn1c(Cc2ccccc2)c(-c2nc3cc4c(cc3[nH]c2=O)OCCO4)c2ccccc21. The first-order valence-electron chi connectivity index (χ1n) is 12.4. The molecule has 0 aliphatic carbocycles. The molecule has 2 aromatic heterocycles. The Kier molecular flexibility index (Phi) is 5.91. The predicted octanol–water partition coefficient (Wildman–Crippen LogP) is 4.65. The minimum Gasteiger partial charge on any atom is -0.486 e. The Hall–Kier alpha value is -4.10. The number of ether oxygens (including phenoxy) is 2. The van der Waals surface area contributed by atoms with Crippen molar-refractivity contribution in [3.63, 3.8) is 0 Å². The first-order chi connectivity index (χ1) is 17.7. The van der Waals surface area contributed by atoms with E-state index in [-0.39, 0.29) is 5.56 Å². The third kappa shape index (κ3) is 4.01. The van der Waals surface area contributed by atoms with Gasteiger partial charge in [0.2, 0.25) is 0 Å². The zero-order valence-electron chi connectivity index (χ0n) is 20.0. The van der Waals surface area contributed by atoms with Crippen LogP contribution in [0.5, 0.6) is 11.5 Å². The van der Waals surface area contributed by atoms with Crippen LogP contribution in [0.3, 0.4) is 0 Å². The van der Waals surface area contributed by atoms with Gasteiger partial charge in [0.15, 0.2) is 11.5 Å². The van der Waals surface area contributed by atoms with Gasteiger partial charge in [-0.3, -0.25) is 4.79 Å². The summed E-state index contributed by atoms with van der Waals surface area (Å²) >= 11 is 0.